The highest BCUT2D eigenvalue weighted by Gasteiger charge is 2.39. The van der Waals surface area contributed by atoms with Crippen molar-refractivity contribution >= 4 is 34.6 Å². The SMILES string of the molecule is CCC(C)C(NC(=O)C1CCCN1C(=O)OC(C)(C)C)C(=O)NC(Cc1ccc2ccccc2c1)C(=O)OC. The zero-order valence-corrected chi connectivity index (χ0v) is 23.8. The molecule has 2 N–H and O–H groups in total. The summed E-state index contributed by atoms with van der Waals surface area (Å²) in [5, 5.41) is 7.77. The van der Waals surface area contributed by atoms with Gasteiger partial charge < -0.3 is 20.1 Å². The molecule has 0 bridgehead atoms. The van der Waals surface area contributed by atoms with Crippen LogP contribution >= 0.6 is 0 Å². The molecule has 1 aliphatic heterocycles. The minimum Gasteiger partial charge on any atom is -0.467 e. The number of esters is 1. The fraction of sp³-hybridized carbons (Fsp3) is 0.533. The topological polar surface area (TPSA) is 114 Å². The fourth-order valence-corrected chi connectivity index (χ4v) is 4.73. The van der Waals surface area contributed by atoms with Crippen molar-refractivity contribution in [1.29, 1.82) is 0 Å². The minimum atomic E-state index is -0.933. The number of methoxy groups -OCH3 is 1. The molecule has 0 aromatic heterocycles. The molecule has 0 saturated carbocycles. The molecule has 0 radical (unpaired) electrons. The van der Waals surface area contributed by atoms with E-state index in [9.17, 15) is 19.2 Å². The number of nitrogens with zero attached hydrogens (tertiary/aromatic N) is 1. The van der Waals surface area contributed by atoms with Crippen molar-refractivity contribution in [3.63, 3.8) is 0 Å². The zero-order valence-electron chi connectivity index (χ0n) is 23.8. The van der Waals surface area contributed by atoms with Gasteiger partial charge in [0.15, 0.2) is 0 Å². The maximum absolute atomic E-state index is 13.5. The molecule has 39 heavy (non-hydrogen) atoms. The maximum atomic E-state index is 13.5. The van der Waals surface area contributed by atoms with Gasteiger partial charge in [-0.3, -0.25) is 14.5 Å². The maximum Gasteiger partial charge on any atom is 0.410 e. The van der Waals surface area contributed by atoms with E-state index in [1.165, 1.54) is 12.0 Å². The number of amides is 3. The number of carbonyl (C=O) groups excluding carboxylic acids is 4. The monoisotopic (exact) mass is 539 g/mol. The molecule has 1 heterocycles. The second-order valence-corrected chi connectivity index (χ2v) is 11.2. The first-order valence-corrected chi connectivity index (χ1v) is 13.6. The second-order valence-electron chi connectivity index (χ2n) is 11.2. The van der Waals surface area contributed by atoms with Crippen molar-refractivity contribution < 1.29 is 28.7 Å². The fourth-order valence-electron chi connectivity index (χ4n) is 4.73. The van der Waals surface area contributed by atoms with Crippen LogP contribution in [0.5, 0.6) is 0 Å². The standard InChI is InChI=1S/C30H41N3O6/c1-7-19(2)25(32-26(34)24-13-10-16-33(24)29(37)39-30(3,4)5)27(35)31-23(28(36)38-6)18-20-14-15-21-11-8-9-12-22(21)17-20/h8-9,11-12,14-15,17,19,23-25H,7,10,13,16,18H2,1-6H3,(H,31,35)(H,32,34). The normalized spacial score (nSPS) is 17.7. The summed E-state index contributed by atoms with van der Waals surface area (Å²) >= 11 is 0. The highest BCUT2D eigenvalue weighted by atomic mass is 16.6. The van der Waals surface area contributed by atoms with Gasteiger partial charge in [0.1, 0.15) is 23.7 Å². The summed E-state index contributed by atoms with van der Waals surface area (Å²) in [5.41, 5.74) is 0.181. The summed E-state index contributed by atoms with van der Waals surface area (Å²) in [5.74, 6) is -1.68. The van der Waals surface area contributed by atoms with Gasteiger partial charge in [0, 0.05) is 13.0 Å². The average Bonchev–Trinajstić information content (AvgIpc) is 3.40. The first-order valence-electron chi connectivity index (χ1n) is 13.6. The highest BCUT2D eigenvalue weighted by molar-refractivity contribution is 5.93. The number of fused-ring (bicyclic) bond motifs is 1. The van der Waals surface area contributed by atoms with Crippen LogP contribution in [0.15, 0.2) is 42.5 Å². The van der Waals surface area contributed by atoms with Crippen LogP contribution < -0.4 is 10.6 Å². The number of carbonyl (C=O) groups is 4. The van der Waals surface area contributed by atoms with Crippen LogP contribution in [0, 0.1) is 5.92 Å². The Morgan fingerprint density at radius 2 is 1.74 bits per heavy atom. The van der Waals surface area contributed by atoms with Gasteiger partial charge in [0.25, 0.3) is 0 Å². The van der Waals surface area contributed by atoms with Gasteiger partial charge in [-0.25, -0.2) is 9.59 Å². The van der Waals surface area contributed by atoms with Crippen molar-refractivity contribution in [2.75, 3.05) is 13.7 Å². The van der Waals surface area contributed by atoms with Crippen molar-refractivity contribution in [1.82, 2.24) is 15.5 Å². The van der Waals surface area contributed by atoms with E-state index in [1.54, 1.807) is 20.8 Å². The molecular weight excluding hydrogens is 498 g/mol. The van der Waals surface area contributed by atoms with Crippen LogP contribution in [0.1, 0.15) is 59.4 Å². The Kier molecular flexibility index (Phi) is 9.94. The Hall–Kier alpha value is -3.62. The van der Waals surface area contributed by atoms with E-state index in [1.807, 2.05) is 56.3 Å². The Balaban J connectivity index is 1.74. The van der Waals surface area contributed by atoms with E-state index in [-0.39, 0.29) is 12.3 Å². The van der Waals surface area contributed by atoms with E-state index in [0.717, 1.165) is 16.3 Å². The molecule has 1 aliphatic rings. The molecule has 4 atom stereocenters. The Labute approximate surface area is 230 Å². The molecule has 3 rings (SSSR count). The lowest BCUT2D eigenvalue weighted by Crippen LogP contribution is -2.57. The number of hydrogen-bond donors (Lipinski definition) is 2. The van der Waals surface area contributed by atoms with Crippen LogP contribution in [0.3, 0.4) is 0 Å². The van der Waals surface area contributed by atoms with Gasteiger partial charge in [-0.05, 0) is 55.9 Å². The molecule has 0 spiro atoms. The van der Waals surface area contributed by atoms with Gasteiger partial charge in [0.2, 0.25) is 11.8 Å². The number of nitrogens with one attached hydrogen (secondary N) is 2. The Bertz CT molecular complexity index is 1190. The predicted molar refractivity (Wildman–Crippen MR) is 149 cm³/mol. The lowest BCUT2D eigenvalue weighted by Gasteiger charge is -2.30. The van der Waals surface area contributed by atoms with Crippen LogP contribution in [0.2, 0.25) is 0 Å². The summed E-state index contributed by atoms with van der Waals surface area (Å²) in [6.07, 6.45) is 1.44. The van der Waals surface area contributed by atoms with Gasteiger partial charge in [-0.15, -0.1) is 0 Å². The summed E-state index contributed by atoms with van der Waals surface area (Å²) < 4.78 is 10.5. The highest BCUT2D eigenvalue weighted by Crippen LogP contribution is 2.22. The van der Waals surface area contributed by atoms with Crippen molar-refractivity contribution in [3.8, 4) is 0 Å². The van der Waals surface area contributed by atoms with Crippen LogP contribution in [0.4, 0.5) is 4.79 Å². The summed E-state index contributed by atoms with van der Waals surface area (Å²) in [7, 11) is 1.28. The second kappa shape index (κ2) is 13.0. The van der Waals surface area contributed by atoms with E-state index < -0.39 is 47.6 Å². The summed E-state index contributed by atoms with van der Waals surface area (Å²) in [6, 6.07) is 11.2. The first-order chi connectivity index (χ1) is 18.4. The van der Waals surface area contributed by atoms with E-state index in [4.69, 9.17) is 9.47 Å². The number of likely N-dealkylation sites (tertiary alicyclic amines) is 1. The molecule has 2 aromatic carbocycles. The third-order valence-corrected chi connectivity index (χ3v) is 7.03. The molecule has 1 saturated heterocycles. The molecule has 9 nitrogen and oxygen atoms in total. The van der Waals surface area contributed by atoms with Crippen LogP contribution in [-0.4, -0.2) is 66.2 Å². The third-order valence-electron chi connectivity index (χ3n) is 7.03. The zero-order chi connectivity index (χ0) is 28.7. The average molecular weight is 540 g/mol. The van der Waals surface area contributed by atoms with Gasteiger partial charge >= 0.3 is 12.1 Å². The molecule has 4 unspecified atom stereocenters. The molecule has 212 valence electrons. The van der Waals surface area contributed by atoms with Crippen LogP contribution in [0.25, 0.3) is 10.8 Å². The number of benzene rings is 2. The van der Waals surface area contributed by atoms with Gasteiger partial charge in [0.05, 0.1) is 7.11 Å². The molecule has 1 fully saturated rings. The Morgan fingerprint density at radius 1 is 1.05 bits per heavy atom. The molecule has 3 amide bonds. The molecule has 2 aromatic rings. The molecule has 9 heteroatoms. The van der Waals surface area contributed by atoms with Crippen LogP contribution in [-0.2, 0) is 30.3 Å². The summed E-state index contributed by atoms with van der Waals surface area (Å²) in [4.78, 5) is 53.6. The van der Waals surface area contributed by atoms with E-state index >= 15 is 0 Å². The van der Waals surface area contributed by atoms with Gasteiger partial charge in [-0.2, -0.15) is 0 Å². The number of rotatable bonds is 9. The first kappa shape index (κ1) is 29.9. The number of ether oxygens (including phenoxy) is 2. The Morgan fingerprint density at radius 3 is 2.38 bits per heavy atom. The quantitative estimate of drug-likeness (QED) is 0.466. The van der Waals surface area contributed by atoms with E-state index in [2.05, 4.69) is 10.6 Å². The molecular formula is C30H41N3O6. The van der Waals surface area contributed by atoms with Crippen molar-refractivity contribution in [2.45, 2.75) is 84.0 Å². The largest absolute Gasteiger partial charge is 0.467 e. The lowest BCUT2D eigenvalue weighted by atomic mass is 9.96. The minimum absolute atomic E-state index is 0.218. The summed E-state index contributed by atoms with van der Waals surface area (Å²) in [6.45, 7) is 9.51. The smallest absolute Gasteiger partial charge is 0.410 e. The van der Waals surface area contributed by atoms with Crippen molar-refractivity contribution in [3.05, 3.63) is 48.0 Å². The lowest BCUT2D eigenvalue weighted by molar-refractivity contribution is -0.145. The number of hydrogen-bond acceptors (Lipinski definition) is 6. The van der Waals surface area contributed by atoms with E-state index in [0.29, 0.717) is 25.8 Å². The third kappa shape index (κ3) is 7.94. The molecule has 0 aliphatic carbocycles. The predicted octanol–water partition coefficient (Wildman–Crippen LogP) is 3.97. The van der Waals surface area contributed by atoms with Gasteiger partial charge in [-0.1, -0.05) is 62.7 Å². The van der Waals surface area contributed by atoms with Crippen molar-refractivity contribution in [2.24, 2.45) is 5.92 Å².